The lowest BCUT2D eigenvalue weighted by molar-refractivity contribution is 0.621. The van der Waals surface area contributed by atoms with E-state index >= 15 is 0 Å². The van der Waals surface area contributed by atoms with E-state index in [4.69, 9.17) is 11.6 Å². The molecule has 0 saturated heterocycles. The van der Waals surface area contributed by atoms with E-state index in [9.17, 15) is 0 Å². The maximum Gasteiger partial charge on any atom is 0.123 e. The largest absolute Gasteiger partial charge is 0.298 e. The van der Waals surface area contributed by atoms with Gasteiger partial charge in [0.25, 0.3) is 0 Å². The molecule has 1 unspecified atom stereocenters. The Balaban J connectivity index is 2.42. The van der Waals surface area contributed by atoms with Crippen LogP contribution in [0.25, 0.3) is 5.57 Å². The molecule has 0 saturated carbocycles. The van der Waals surface area contributed by atoms with Crippen LogP contribution in [0.2, 0.25) is 0 Å². The fourth-order valence-electron chi connectivity index (χ4n) is 1.82. The number of benzene rings is 1. The summed E-state index contributed by atoms with van der Waals surface area (Å²) >= 11 is 6.53. The molecule has 1 aromatic carbocycles. The molecule has 2 rings (SSSR count). The van der Waals surface area contributed by atoms with Crippen molar-refractivity contribution in [3.8, 4) is 0 Å². The van der Waals surface area contributed by atoms with Crippen LogP contribution < -0.4 is 5.32 Å². The molecule has 1 N–H and O–H groups in total. The van der Waals surface area contributed by atoms with Crippen molar-refractivity contribution < 1.29 is 0 Å². The first-order valence-corrected chi connectivity index (χ1v) is 5.44. The molecule has 1 atom stereocenters. The van der Waals surface area contributed by atoms with Gasteiger partial charge in [-0.05, 0) is 18.2 Å². The number of hydrogen-bond acceptors (Lipinski definition) is 1. The van der Waals surface area contributed by atoms with Crippen LogP contribution in [-0.4, -0.2) is 12.0 Å². The summed E-state index contributed by atoms with van der Waals surface area (Å²) in [6, 6.07) is 10.2. The first-order chi connectivity index (χ1) is 7.26. The van der Waals surface area contributed by atoms with Gasteiger partial charge in [-0.15, -0.1) is 0 Å². The quantitative estimate of drug-likeness (QED) is 0.595. The molecule has 0 amide bonds. The highest BCUT2D eigenvalue weighted by molar-refractivity contribution is 6.30. The molecule has 1 aromatic rings. The number of rotatable bonds is 2. The second kappa shape index (κ2) is 4.21. The zero-order valence-corrected chi connectivity index (χ0v) is 9.46. The van der Waals surface area contributed by atoms with Crippen molar-refractivity contribution in [2.24, 2.45) is 0 Å². The van der Waals surface area contributed by atoms with Crippen molar-refractivity contribution in [2.75, 3.05) is 7.05 Å². The van der Waals surface area contributed by atoms with Gasteiger partial charge < -0.3 is 0 Å². The van der Waals surface area contributed by atoms with Crippen LogP contribution >= 0.6 is 11.6 Å². The van der Waals surface area contributed by atoms with E-state index < -0.39 is 5.00 Å². The van der Waals surface area contributed by atoms with Crippen LogP contribution in [0.5, 0.6) is 0 Å². The minimum Gasteiger partial charge on any atom is -0.298 e. The molecule has 0 fully saturated rings. The molecule has 2 heteroatoms. The summed E-state index contributed by atoms with van der Waals surface area (Å²) in [5.74, 6) is 0. The van der Waals surface area contributed by atoms with Gasteiger partial charge in [0.2, 0.25) is 0 Å². The van der Waals surface area contributed by atoms with Crippen molar-refractivity contribution in [3.63, 3.8) is 0 Å². The fraction of sp³-hybridized carbons (Fsp3) is 0.231. The van der Waals surface area contributed by atoms with Crippen LogP contribution in [0, 0.1) is 0 Å². The average Bonchev–Trinajstić information content (AvgIpc) is 2.31. The van der Waals surface area contributed by atoms with Crippen molar-refractivity contribution in [2.45, 2.75) is 11.4 Å². The van der Waals surface area contributed by atoms with E-state index in [1.807, 2.05) is 25.2 Å². The van der Waals surface area contributed by atoms with Crippen LogP contribution in [0.4, 0.5) is 0 Å². The summed E-state index contributed by atoms with van der Waals surface area (Å²) in [6.45, 7) is 0. The lowest BCUT2D eigenvalue weighted by Gasteiger charge is -2.30. The summed E-state index contributed by atoms with van der Waals surface area (Å²) in [5.41, 5.74) is 2.31. The van der Waals surface area contributed by atoms with E-state index in [-0.39, 0.29) is 0 Å². The summed E-state index contributed by atoms with van der Waals surface area (Å²) in [4.78, 5) is -0.462. The average molecular weight is 220 g/mol. The molecule has 0 heterocycles. The minimum absolute atomic E-state index is 0.462. The van der Waals surface area contributed by atoms with Gasteiger partial charge in [-0.2, -0.15) is 0 Å². The molecule has 1 aliphatic rings. The molecule has 0 aliphatic heterocycles. The second-order valence-corrected chi connectivity index (χ2v) is 4.28. The third-order valence-corrected chi connectivity index (χ3v) is 3.25. The zero-order chi connectivity index (χ0) is 10.7. The molecule has 15 heavy (non-hydrogen) atoms. The first-order valence-electron chi connectivity index (χ1n) is 5.07. The Morgan fingerprint density at radius 1 is 1.27 bits per heavy atom. The predicted molar refractivity (Wildman–Crippen MR) is 65.8 cm³/mol. The lowest BCUT2D eigenvalue weighted by Crippen LogP contribution is -2.38. The molecule has 0 spiro atoms. The molecule has 78 valence electrons. The van der Waals surface area contributed by atoms with Crippen molar-refractivity contribution >= 4 is 17.2 Å². The monoisotopic (exact) mass is 219 g/mol. The van der Waals surface area contributed by atoms with E-state index in [0.29, 0.717) is 0 Å². The Hall–Kier alpha value is -1.05. The SMILES string of the molecule is CNC1(Cl)CC=CC=C1c1ccccc1. The summed E-state index contributed by atoms with van der Waals surface area (Å²) < 4.78 is 0. The van der Waals surface area contributed by atoms with Crippen LogP contribution in [0.1, 0.15) is 12.0 Å². The first kappa shape index (κ1) is 10.5. The number of hydrogen-bond donors (Lipinski definition) is 1. The smallest absolute Gasteiger partial charge is 0.123 e. The number of likely N-dealkylation sites (N-methyl/N-ethyl adjacent to an activating group) is 1. The Kier molecular flexibility index (Phi) is 2.94. The van der Waals surface area contributed by atoms with Crippen molar-refractivity contribution in [3.05, 3.63) is 54.1 Å². The molecule has 0 radical (unpaired) electrons. The van der Waals surface area contributed by atoms with Gasteiger partial charge in [0.05, 0.1) is 0 Å². The van der Waals surface area contributed by atoms with Gasteiger partial charge in [0.1, 0.15) is 5.00 Å². The number of allylic oxidation sites excluding steroid dienone is 2. The van der Waals surface area contributed by atoms with Gasteiger partial charge in [0, 0.05) is 6.42 Å². The zero-order valence-electron chi connectivity index (χ0n) is 8.70. The predicted octanol–water partition coefficient (Wildman–Crippen LogP) is 3.18. The maximum atomic E-state index is 6.53. The van der Waals surface area contributed by atoms with Gasteiger partial charge in [-0.25, -0.2) is 0 Å². The highest BCUT2D eigenvalue weighted by Gasteiger charge is 2.30. The number of alkyl halides is 1. The minimum atomic E-state index is -0.462. The lowest BCUT2D eigenvalue weighted by atomic mass is 9.92. The molecule has 0 aromatic heterocycles. The van der Waals surface area contributed by atoms with Crippen molar-refractivity contribution in [1.29, 1.82) is 0 Å². The highest BCUT2D eigenvalue weighted by atomic mass is 35.5. The summed E-state index contributed by atoms with van der Waals surface area (Å²) in [5, 5.41) is 3.17. The van der Waals surface area contributed by atoms with Gasteiger partial charge in [-0.1, -0.05) is 60.2 Å². The Labute approximate surface area is 95.5 Å². The molecular formula is C13H14ClN. The van der Waals surface area contributed by atoms with Gasteiger partial charge in [0.15, 0.2) is 0 Å². The van der Waals surface area contributed by atoms with Crippen LogP contribution in [0.15, 0.2) is 48.6 Å². The standard InChI is InChI=1S/C13H14ClN/c1-15-13(14)10-6-5-9-12(13)11-7-3-2-4-8-11/h2-9,15H,10H2,1H3. The maximum absolute atomic E-state index is 6.53. The van der Waals surface area contributed by atoms with E-state index in [1.54, 1.807) is 0 Å². The third kappa shape index (κ3) is 1.99. The van der Waals surface area contributed by atoms with Gasteiger partial charge >= 0.3 is 0 Å². The van der Waals surface area contributed by atoms with E-state index in [1.165, 1.54) is 5.56 Å². The third-order valence-electron chi connectivity index (χ3n) is 2.71. The number of halogens is 1. The topological polar surface area (TPSA) is 12.0 Å². The van der Waals surface area contributed by atoms with E-state index in [2.05, 4.69) is 35.7 Å². The van der Waals surface area contributed by atoms with E-state index in [0.717, 1.165) is 12.0 Å². The summed E-state index contributed by atoms with van der Waals surface area (Å²) in [7, 11) is 1.89. The second-order valence-electron chi connectivity index (χ2n) is 3.63. The molecule has 0 bridgehead atoms. The molecular weight excluding hydrogens is 206 g/mol. The fourth-order valence-corrected chi connectivity index (χ4v) is 2.08. The van der Waals surface area contributed by atoms with Crippen molar-refractivity contribution in [1.82, 2.24) is 5.32 Å². The molecule has 1 nitrogen and oxygen atoms in total. The Bertz CT molecular complexity index is 394. The Morgan fingerprint density at radius 3 is 2.67 bits per heavy atom. The van der Waals surface area contributed by atoms with Gasteiger partial charge in [-0.3, -0.25) is 5.32 Å². The van der Waals surface area contributed by atoms with Crippen LogP contribution in [-0.2, 0) is 0 Å². The highest BCUT2D eigenvalue weighted by Crippen LogP contribution is 2.36. The summed E-state index contributed by atoms with van der Waals surface area (Å²) in [6.07, 6.45) is 7.02. The Morgan fingerprint density at radius 2 is 2.00 bits per heavy atom. The van der Waals surface area contributed by atoms with Crippen LogP contribution in [0.3, 0.4) is 0 Å². The molecule has 1 aliphatic carbocycles. The number of nitrogens with one attached hydrogen (secondary N) is 1. The normalized spacial score (nSPS) is 25.1.